The third-order valence-electron chi connectivity index (χ3n) is 3.30. The fraction of sp³-hybridized carbons (Fsp3) is 0.462. The SMILES string of the molecule is CC1COC(CO)CN1C(=O)c1cc(F)c(F)c(F)c1F. The Hall–Kier alpha value is -1.67. The second-order valence-electron chi connectivity index (χ2n) is 4.79. The van der Waals surface area contributed by atoms with Gasteiger partial charge in [0, 0.05) is 6.54 Å². The van der Waals surface area contributed by atoms with Gasteiger partial charge in [0.25, 0.3) is 5.91 Å². The first-order chi connectivity index (χ1) is 9.86. The molecule has 1 N–H and O–H groups in total. The van der Waals surface area contributed by atoms with Crippen LogP contribution in [0, 0.1) is 23.3 Å². The maximum Gasteiger partial charge on any atom is 0.257 e. The van der Waals surface area contributed by atoms with E-state index in [2.05, 4.69) is 0 Å². The predicted molar refractivity (Wildman–Crippen MR) is 63.6 cm³/mol. The van der Waals surface area contributed by atoms with E-state index in [0.29, 0.717) is 6.07 Å². The lowest BCUT2D eigenvalue weighted by Gasteiger charge is -2.37. The number of ether oxygens (including phenoxy) is 1. The number of aliphatic hydroxyl groups is 1. The Morgan fingerprint density at radius 3 is 2.62 bits per heavy atom. The van der Waals surface area contributed by atoms with Crippen LogP contribution in [0.4, 0.5) is 17.6 Å². The molecule has 1 aliphatic heterocycles. The number of benzene rings is 1. The maximum atomic E-state index is 13.6. The highest BCUT2D eigenvalue weighted by atomic mass is 19.2. The molecule has 0 bridgehead atoms. The smallest absolute Gasteiger partial charge is 0.257 e. The van der Waals surface area contributed by atoms with Gasteiger partial charge in [0.05, 0.1) is 30.9 Å². The van der Waals surface area contributed by atoms with E-state index in [1.54, 1.807) is 6.92 Å². The monoisotopic (exact) mass is 307 g/mol. The number of rotatable bonds is 2. The fourth-order valence-corrected chi connectivity index (χ4v) is 2.09. The van der Waals surface area contributed by atoms with Crippen LogP contribution in [-0.2, 0) is 4.74 Å². The van der Waals surface area contributed by atoms with Gasteiger partial charge >= 0.3 is 0 Å². The molecule has 116 valence electrons. The highest BCUT2D eigenvalue weighted by molar-refractivity contribution is 5.94. The zero-order valence-electron chi connectivity index (χ0n) is 11.1. The standard InChI is InChI=1S/C13H13F4NO3/c1-6-5-21-7(4-19)3-18(6)13(20)8-2-9(14)11(16)12(17)10(8)15/h2,6-7,19H,3-5H2,1H3. The Labute approximate surface area is 117 Å². The van der Waals surface area contributed by atoms with Crippen LogP contribution in [0.2, 0.25) is 0 Å². The summed E-state index contributed by atoms with van der Waals surface area (Å²) in [4.78, 5) is 13.3. The number of carbonyl (C=O) groups excluding carboxylic acids is 1. The summed E-state index contributed by atoms with van der Waals surface area (Å²) in [7, 11) is 0. The van der Waals surface area contributed by atoms with E-state index in [4.69, 9.17) is 9.84 Å². The van der Waals surface area contributed by atoms with Crippen LogP contribution in [-0.4, -0.2) is 47.8 Å². The van der Waals surface area contributed by atoms with E-state index in [1.165, 1.54) is 0 Å². The minimum atomic E-state index is -2.03. The molecule has 4 nitrogen and oxygen atoms in total. The van der Waals surface area contributed by atoms with E-state index in [0.717, 1.165) is 4.90 Å². The van der Waals surface area contributed by atoms with E-state index >= 15 is 0 Å². The summed E-state index contributed by atoms with van der Waals surface area (Å²) in [6.45, 7) is 1.27. The molecule has 2 atom stereocenters. The molecule has 1 amide bonds. The number of hydrogen-bond donors (Lipinski definition) is 1. The molecule has 0 radical (unpaired) electrons. The summed E-state index contributed by atoms with van der Waals surface area (Å²) in [6, 6.07) is -0.150. The molecular weight excluding hydrogens is 294 g/mol. The number of carbonyl (C=O) groups is 1. The topological polar surface area (TPSA) is 49.8 Å². The number of nitrogens with zero attached hydrogens (tertiary/aromatic N) is 1. The van der Waals surface area contributed by atoms with Gasteiger partial charge in [0.2, 0.25) is 0 Å². The summed E-state index contributed by atoms with van der Waals surface area (Å²) in [5, 5.41) is 9.02. The first-order valence-electron chi connectivity index (χ1n) is 6.23. The molecular formula is C13H13F4NO3. The van der Waals surface area contributed by atoms with Gasteiger partial charge in [-0.05, 0) is 13.0 Å². The molecule has 2 rings (SSSR count). The zero-order valence-corrected chi connectivity index (χ0v) is 11.1. The first-order valence-corrected chi connectivity index (χ1v) is 6.23. The molecule has 1 aromatic rings. The van der Waals surface area contributed by atoms with Gasteiger partial charge in [-0.1, -0.05) is 0 Å². The molecule has 2 unspecified atom stereocenters. The van der Waals surface area contributed by atoms with Gasteiger partial charge in [0.15, 0.2) is 23.3 Å². The van der Waals surface area contributed by atoms with Crippen molar-refractivity contribution in [3.63, 3.8) is 0 Å². The van der Waals surface area contributed by atoms with E-state index in [-0.39, 0.29) is 19.8 Å². The van der Waals surface area contributed by atoms with Crippen molar-refractivity contribution in [2.75, 3.05) is 19.8 Å². The van der Waals surface area contributed by atoms with Gasteiger partial charge in [-0.2, -0.15) is 0 Å². The van der Waals surface area contributed by atoms with E-state index in [1.807, 2.05) is 0 Å². The average molecular weight is 307 g/mol. The normalized spacial score (nSPS) is 22.5. The van der Waals surface area contributed by atoms with Gasteiger partial charge in [0.1, 0.15) is 0 Å². The van der Waals surface area contributed by atoms with Crippen molar-refractivity contribution in [2.45, 2.75) is 19.1 Å². The van der Waals surface area contributed by atoms with Crippen LogP contribution in [0.3, 0.4) is 0 Å². The highest BCUT2D eigenvalue weighted by Gasteiger charge is 2.33. The number of hydrogen-bond acceptors (Lipinski definition) is 3. The van der Waals surface area contributed by atoms with E-state index < -0.39 is 46.9 Å². The number of halogens is 4. The molecule has 21 heavy (non-hydrogen) atoms. The Bertz CT molecular complexity index is 567. The van der Waals surface area contributed by atoms with Crippen LogP contribution in [0.25, 0.3) is 0 Å². The molecule has 1 saturated heterocycles. The van der Waals surface area contributed by atoms with Gasteiger partial charge in [-0.15, -0.1) is 0 Å². The van der Waals surface area contributed by atoms with Gasteiger partial charge in [-0.3, -0.25) is 4.79 Å². The zero-order chi connectivity index (χ0) is 15.7. The molecule has 1 fully saturated rings. The van der Waals surface area contributed by atoms with Gasteiger partial charge in [-0.25, -0.2) is 17.6 Å². The fourth-order valence-electron chi connectivity index (χ4n) is 2.09. The molecule has 1 heterocycles. The summed E-state index contributed by atoms with van der Waals surface area (Å²) < 4.78 is 58.1. The summed E-state index contributed by atoms with van der Waals surface area (Å²) in [6.07, 6.45) is -0.664. The Balaban J connectivity index is 2.35. The second kappa shape index (κ2) is 5.98. The maximum absolute atomic E-state index is 13.6. The first kappa shape index (κ1) is 15.7. The van der Waals surface area contributed by atoms with Crippen molar-refractivity contribution >= 4 is 5.91 Å². The Morgan fingerprint density at radius 1 is 1.33 bits per heavy atom. The van der Waals surface area contributed by atoms with Crippen molar-refractivity contribution in [1.29, 1.82) is 0 Å². The lowest BCUT2D eigenvalue weighted by atomic mass is 10.1. The van der Waals surface area contributed by atoms with Crippen molar-refractivity contribution < 1.29 is 32.2 Å². The largest absolute Gasteiger partial charge is 0.394 e. The number of aliphatic hydroxyl groups excluding tert-OH is 1. The van der Waals surface area contributed by atoms with Crippen molar-refractivity contribution in [1.82, 2.24) is 4.90 Å². The Morgan fingerprint density at radius 2 is 2.00 bits per heavy atom. The summed E-state index contributed by atoms with van der Waals surface area (Å²) >= 11 is 0. The summed E-state index contributed by atoms with van der Waals surface area (Å²) in [5.41, 5.74) is -0.892. The Kier molecular flexibility index (Phi) is 4.48. The number of amides is 1. The second-order valence-corrected chi connectivity index (χ2v) is 4.79. The van der Waals surface area contributed by atoms with Gasteiger partial charge < -0.3 is 14.7 Å². The van der Waals surface area contributed by atoms with Crippen LogP contribution < -0.4 is 0 Å². The predicted octanol–water partition coefficient (Wildman–Crippen LogP) is 1.46. The quantitative estimate of drug-likeness (QED) is 0.511. The molecule has 1 aromatic carbocycles. The van der Waals surface area contributed by atoms with Crippen LogP contribution in [0.5, 0.6) is 0 Å². The molecule has 0 saturated carbocycles. The number of morpholine rings is 1. The third kappa shape index (κ3) is 2.86. The van der Waals surface area contributed by atoms with E-state index in [9.17, 15) is 22.4 Å². The lowest BCUT2D eigenvalue weighted by molar-refractivity contribution is -0.0668. The summed E-state index contributed by atoms with van der Waals surface area (Å²) in [5.74, 6) is -8.36. The van der Waals surface area contributed by atoms with Crippen LogP contribution >= 0.6 is 0 Å². The highest BCUT2D eigenvalue weighted by Crippen LogP contribution is 2.22. The lowest BCUT2D eigenvalue weighted by Crippen LogP contribution is -2.52. The average Bonchev–Trinajstić information content (AvgIpc) is 2.48. The molecule has 1 aliphatic rings. The minimum absolute atomic E-state index is 0.0590. The molecule has 0 aromatic heterocycles. The van der Waals surface area contributed by atoms with Crippen LogP contribution in [0.1, 0.15) is 17.3 Å². The third-order valence-corrected chi connectivity index (χ3v) is 3.30. The van der Waals surface area contributed by atoms with Crippen molar-refractivity contribution in [3.05, 3.63) is 34.9 Å². The van der Waals surface area contributed by atoms with Crippen molar-refractivity contribution in [2.24, 2.45) is 0 Å². The van der Waals surface area contributed by atoms with Crippen LogP contribution in [0.15, 0.2) is 6.07 Å². The minimum Gasteiger partial charge on any atom is -0.394 e. The van der Waals surface area contributed by atoms with Crippen molar-refractivity contribution in [3.8, 4) is 0 Å². The molecule has 0 spiro atoms. The molecule has 8 heteroatoms. The molecule has 0 aliphatic carbocycles.